The zero-order valence-corrected chi connectivity index (χ0v) is 40.5. The molecular formula is C52H58ClFN6O5S2. The van der Waals surface area contributed by atoms with Gasteiger partial charge in [0.2, 0.25) is 0 Å². The van der Waals surface area contributed by atoms with Gasteiger partial charge in [-0.1, -0.05) is 41.9 Å². The van der Waals surface area contributed by atoms with Crippen molar-refractivity contribution < 1.29 is 27.8 Å². The lowest BCUT2D eigenvalue weighted by atomic mass is 9.96. The van der Waals surface area contributed by atoms with Crippen LogP contribution in [0.25, 0.3) is 22.4 Å². The molecule has 5 aromatic carbocycles. The maximum absolute atomic E-state index is 15.6. The Morgan fingerprint density at radius 3 is 2.15 bits per heavy atom. The highest BCUT2D eigenvalue weighted by Gasteiger charge is 2.28. The van der Waals surface area contributed by atoms with Gasteiger partial charge in [-0.2, -0.15) is 0 Å². The zero-order chi connectivity index (χ0) is 47.2. The molecule has 0 unspecified atom stereocenters. The molecule has 11 nitrogen and oxygen atoms in total. The summed E-state index contributed by atoms with van der Waals surface area (Å²) in [6.07, 6.45) is 2.30. The summed E-state index contributed by atoms with van der Waals surface area (Å²) >= 11 is 8.01. The van der Waals surface area contributed by atoms with Crippen LogP contribution in [0.15, 0.2) is 125 Å². The summed E-state index contributed by atoms with van der Waals surface area (Å²) in [5, 5.41) is 24.7. The Bertz CT molecular complexity index is 2780. The second-order valence-corrected chi connectivity index (χ2v) is 20.6. The number of aromatic carboxylic acids is 1. The van der Waals surface area contributed by atoms with Gasteiger partial charge in [-0.25, -0.2) is 17.6 Å². The van der Waals surface area contributed by atoms with E-state index in [9.17, 15) is 23.4 Å². The number of benzene rings is 5. The third-order valence-electron chi connectivity index (χ3n) is 12.9. The maximum atomic E-state index is 15.6. The van der Waals surface area contributed by atoms with Gasteiger partial charge in [0.15, 0.2) is 0 Å². The van der Waals surface area contributed by atoms with E-state index in [2.05, 4.69) is 36.9 Å². The van der Waals surface area contributed by atoms with Gasteiger partial charge in [-0.3, -0.25) is 4.72 Å². The normalized spacial score (nSPS) is 15.4. The number of carboxylic acid groups (broad SMARTS) is 1. The lowest BCUT2D eigenvalue weighted by Gasteiger charge is -2.37. The number of rotatable bonds is 17. The number of nitrogens with one attached hydrogen (secondary N) is 2. The van der Waals surface area contributed by atoms with Gasteiger partial charge < -0.3 is 34.8 Å². The molecule has 4 N–H and O–H groups in total. The molecule has 352 valence electrons. The SMILES string of the molecule is CCn1c(C)c(C(=O)O)c(-c2cc(F)cc(N3CCN(c4ccc(NS(=O)(=O)c5ccc(N[C@H](CCN6CCC(O)CC6)CSc6ccccc6)c(C)c5)cc4)CC3)c2)c1-c1ccc(Cl)cc1. The first-order valence-electron chi connectivity index (χ1n) is 22.9. The van der Waals surface area contributed by atoms with Crippen molar-refractivity contribution in [1.29, 1.82) is 0 Å². The van der Waals surface area contributed by atoms with Gasteiger partial charge >= 0.3 is 5.97 Å². The first-order chi connectivity index (χ1) is 32.3. The molecule has 6 aromatic rings. The van der Waals surface area contributed by atoms with Crippen LogP contribution in [-0.2, 0) is 16.6 Å². The Balaban J connectivity index is 0.910. The van der Waals surface area contributed by atoms with Crippen molar-refractivity contribution in [2.75, 3.05) is 71.4 Å². The Labute approximate surface area is 402 Å². The van der Waals surface area contributed by atoms with Crippen LogP contribution in [0.2, 0.25) is 5.02 Å². The molecule has 2 fully saturated rings. The highest BCUT2D eigenvalue weighted by atomic mass is 35.5. The van der Waals surface area contributed by atoms with E-state index in [1.807, 2.05) is 73.0 Å². The van der Waals surface area contributed by atoms with Crippen LogP contribution in [0, 0.1) is 19.7 Å². The van der Waals surface area contributed by atoms with Gasteiger partial charge in [-0.05, 0) is 142 Å². The Kier molecular flexibility index (Phi) is 15.2. The Morgan fingerprint density at radius 1 is 0.836 bits per heavy atom. The van der Waals surface area contributed by atoms with Crippen molar-refractivity contribution in [2.45, 2.75) is 68.5 Å². The van der Waals surface area contributed by atoms with Crippen LogP contribution < -0.4 is 19.8 Å². The van der Waals surface area contributed by atoms with Gasteiger partial charge in [0.25, 0.3) is 10.0 Å². The van der Waals surface area contributed by atoms with Crippen LogP contribution in [0.4, 0.5) is 27.1 Å². The summed E-state index contributed by atoms with van der Waals surface area (Å²) in [5.74, 6) is -0.689. The molecule has 0 spiro atoms. The molecule has 0 saturated carbocycles. The van der Waals surface area contributed by atoms with Crippen molar-refractivity contribution in [2.24, 2.45) is 0 Å². The van der Waals surface area contributed by atoms with E-state index in [1.165, 1.54) is 17.0 Å². The van der Waals surface area contributed by atoms with Crippen LogP contribution in [-0.4, -0.2) is 97.8 Å². The molecule has 0 bridgehead atoms. The monoisotopic (exact) mass is 964 g/mol. The van der Waals surface area contributed by atoms with E-state index in [4.69, 9.17) is 11.6 Å². The number of piperidine rings is 1. The van der Waals surface area contributed by atoms with E-state index in [1.54, 1.807) is 55.1 Å². The fourth-order valence-corrected chi connectivity index (χ4v) is 11.5. The predicted molar refractivity (Wildman–Crippen MR) is 271 cm³/mol. The number of aliphatic hydroxyl groups excluding tert-OH is 1. The number of aromatic nitrogens is 1. The average Bonchev–Trinajstić information content (AvgIpc) is 3.63. The number of anilines is 4. The lowest BCUT2D eigenvalue weighted by Crippen LogP contribution is -2.46. The largest absolute Gasteiger partial charge is 0.478 e. The number of carboxylic acids is 1. The average molecular weight is 966 g/mol. The molecule has 0 aliphatic carbocycles. The fourth-order valence-electron chi connectivity index (χ4n) is 9.24. The minimum Gasteiger partial charge on any atom is -0.478 e. The van der Waals surface area contributed by atoms with E-state index >= 15 is 4.39 Å². The number of thioether (sulfide) groups is 1. The highest BCUT2D eigenvalue weighted by molar-refractivity contribution is 7.99. The van der Waals surface area contributed by atoms with Crippen molar-refractivity contribution in [3.8, 4) is 22.4 Å². The fraction of sp³-hybridized carbons (Fsp3) is 0.327. The third-order valence-corrected chi connectivity index (χ3v) is 15.7. The van der Waals surface area contributed by atoms with E-state index in [-0.39, 0.29) is 22.6 Å². The first kappa shape index (κ1) is 48.0. The molecule has 15 heteroatoms. The lowest BCUT2D eigenvalue weighted by molar-refractivity contribution is 0.0696. The molecule has 2 aliphatic rings. The Morgan fingerprint density at radius 2 is 1.51 bits per heavy atom. The molecule has 67 heavy (non-hydrogen) atoms. The second-order valence-electron chi connectivity index (χ2n) is 17.4. The van der Waals surface area contributed by atoms with Crippen LogP contribution in [0.3, 0.4) is 0 Å². The van der Waals surface area contributed by atoms with E-state index < -0.39 is 21.8 Å². The maximum Gasteiger partial charge on any atom is 0.338 e. The van der Waals surface area contributed by atoms with Crippen molar-refractivity contribution >= 4 is 62.1 Å². The number of aryl methyl sites for hydroxylation is 1. The molecule has 2 saturated heterocycles. The van der Waals surface area contributed by atoms with E-state index in [0.29, 0.717) is 71.6 Å². The topological polar surface area (TPSA) is 130 Å². The molecular weight excluding hydrogens is 907 g/mol. The van der Waals surface area contributed by atoms with Gasteiger partial charge in [0.1, 0.15) is 5.82 Å². The second kappa shape index (κ2) is 21.2. The summed E-state index contributed by atoms with van der Waals surface area (Å²) in [6.45, 7) is 11.3. The van der Waals surface area contributed by atoms with Crippen LogP contribution >= 0.6 is 23.4 Å². The minimum absolute atomic E-state index is 0.139. The summed E-state index contributed by atoms with van der Waals surface area (Å²) in [4.78, 5) is 20.9. The number of carbonyl (C=O) groups is 1. The number of hydrogen-bond acceptors (Lipinski definition) is 9. The smallest absolute Gasteiger partial charge is 0.338 e. The molecule has 2 aliphatic heterocycles. The number of halogens is 2. The predicted octanol–water partition coefficient (Wildman–Crippen LogP) is 10.5. The Hall–Kier alpha value is -5.51. The molecule has 8 rings (SSSR count). The number of likely N-dealkylation sites (tertiary alicyclic amines) is 1. The number of aliphatic hydroxyl groups is 1. The standard InChI is InChI=1S/C52H58ClFN6O5S2/c1-4-60-36(3)49(52(62)63)50(51(60)37-10-12-39(53)13-11-37)38-31-40(54)33-44(32-38)59-28-26-58(27-29-59)43-16-14-41(15-17-43)56-67(64,65)47-18-19-48(35(2)30-47)55-42(34-66-46-8-6-5-7-9-46)20-23-57-24-21-45(61)22-25-57/h5-19,30-33,42,45,55-56,61H,4,20-29,34H2,1-3H3,(H,62,63)/t42-/m1/s1. The first-order valence-corrected chi connectivity index (χ1v) is 25.7. The quantitative estimate of drug-likeness (QED) is 0.0656. The molecule has 1 aromatic heterocycles. The van der Waals surface area contributed by atoms with Crippen LogP contribution in [0.1, 0.15) is 47.8 Å². The van der Waals surface area contributed by atoms with Crippen molar-refractivity contribution in [3.63, 3.8) is 0 Å². The molecule has 1 atom stereocenters. The summed E-state index contributed by atoms with van der Waals surface area (Å²) in [7, 11) is -3.89. The number of sulfonamides is 1. The summed E-state index contributed by atoms with van der Waals surface area (Å²) in [6, 6.07) is 35.0. The molecule has 3 heterocycles. The van der Waals surface area contributed by atoms with Crippen LogP contribution in [0.5, 0.6) is 0 Å². The molecule has 0 radical (unpaired) electrons. The van der Waals surface area contributed by atoms with Gasteiger partial charge in [0, 0.05) is 108 Å². The van der Waals surface area contributed by atoms with Crippen molar-refractivity contribution in [3.05, 3.63) is 143 Å². The van der Waals surface area contributed by atoms with Gasteiger partial charge in [0.05, 0.1) is 22.3 Å². The molecule has 0 amide bonds. The summed E-state index contributed by atoms with van der Waals surface area (Å²) in [5.41, 5.74) is 6.94. The van der Waals surface area contributed by atoms with Crippen molar-refractivity contribution in [1.82, 2.24) is 9.47 Å². The summed E-state index contributed by atoms with van der Waals surface area (Å²) < 4.78 is 47.7. The third kappa shape index (κ3) is 11.4. The van der Waals surface area contributed by atoms with Gasteiger partial charge in [-0.15, -0.1) is 11.8 Å². The minimum atomic E-state index is -3.89. The number of piperazine rings is 1. The highest BCUT2D eigenvalue weighted by Crippen LogP contribution is 2.41. The number of hydrogen-bond donors (Lipinski definition) is 4. The zero-order valence-electron chi connectivity index (χ0n) is 38.1. The van der Waals surface area contributed by atoms with E-state index in [0.717, 1.165) is 67.2 Å². The number of nitrogens with zero attached hydrogens (tertiary/aromatic N) is 4.